The normalized spacial score (nSPS) is 13.8. The van der Waals surface area contributed by atoms with Crippen molar-refractivity contribution >= 4 is 6.03 Å². The van der Waals surface area contributed by atoms with Crippen molar-refractivity contribution in [2.24, 2.45) is 7.05 Å². The number of rotatable bonds is 4. The molecule has 0 spiro atoms. The molecule has 0 radical (unpaired) electrons. The Morgan fingerprint density at radius 1 is 1.30 bits per heavy atom. The number of carbonyl (C=O) groups excluding carboxylic acids is 1. The van der Waals surface area contributed by atoms with Gasteiger partial charge in [-0.3, -0.25) is 0 Å². The molecule has 0 bridgehead atoms. The summed E-state index contributed by atoms with van der Waals surface area (Å²) in [5, 5.41) is 13.4. The van der Waals surface area contributed by atoms with E-state index in [4.69, 9.17) is 4.42 Å². The molecule has 0 aliphatic rings. The molecule has 2 amide bonds. The molecule has 2 rings (SSSR count). The second kappa shape index (κ2) is 5.77. The van der Waals surface area contributed by atoms with Gasteiger partial charge in [0, 0.05) is 7.05 Å². The van der Waals surface area contributed by atoms with Crippen LogP contribution >= 0.6 is 0 Å². The highest BCUT2D eigenvalue weighted by Gasteiger charge is 2.17. The van der Waals surface area contributed by atoms with Crippen LogP contribution in [0.25, 0.3) is 0 Å². The Balaban J connectivity index is 1.91. The van der Waals surface area contributed by atoms with E-state index < -0.39 is 0 Å². The molecule has 2 aromatic rings. The average Bonchev–Trinajstić information content (AvgIpc) is 2.97. The third kappa shape index (κ3) is 3.17. The molecule has 108 valence electrons. The molecule has 0 aliphatic carbocycles. The molecule has 7 heteroatoms. The average molecular weight is 277 g/mol. The van der Waals surface area contributed by atoms with E-state index >= 15 is 0 Å². The number of aromatic nitrogens is 3. The minimum atomic E-state index is -0.276. The van der Waals surface area contributed by atoms with E-state index in [1.165, 1.54) is 0 Å². The van der Waals surface area contributed by atoms with E-state index in [0.717, 1.165) is 11.5 Å². The van der Waals surface area contributed by atoms with Crippen LogP contribution in [0.4, 0.5) is 4.79 Å². The van der Waals surface area contributed by atoms with Crippen LogP contribution < -0.4 is 10.6 Å². The Morgan fingerprint density at radius 3 is 2.55 bits per heavy atom. The van der Waals surface area contributed by atoms with Gasteiger partial charge in [0.15, 0.2) is 5.82 Å². The summed E-state index contributed by atoms with van der Waals surface area (Å²) in [7, 11) is 1.83. The van der Waals surface area contributed by atoms with Gasteiger partial charge in [-0.15, -0.1) is 10.2 Å². The number of hydrogen-bond donors (Lipinski definition) is 2. The Kier molecular flexibility index (Phi) is 4.07. The van der Waals surface area contributed by atoms with Gasteiger partial charge in [0.05, 0.1) is 12.1 Å². The van der Waals surface area contributed by atoms with Gasteiger partial charge in [-0.25, -0.2) is 4.79 Å². The molecule has 0 saturated heterocycles. The van der Waals surface area contributed by atoms with Crippen molar-refractivity contribution in [1.82, 2.24) is 25.4 Å². The van der Waals surface area contributed by atoms with Crippen molar-refractivity contribution < 1.29 is 9.21 Å². The van der Waals surface area contributed by atoms with Crippen molar-refractivity contribution in [1.29, 1.82) is 0 Å². The summed E-state index contributed by atoms with van der Waals surface area (Å²) in [6.07, 6.45) is 1.60. The number of aryl methyl sites for hydroxylation is 2. The molecular formula is C13H19N5O2. The van der Waals surface area contributed by atoms with Crippen molar-refractivity contribution in [3.8, 4) is 0 Å². The number of carbonyl (C=O) groups is 1. The van der Waals surface area contributed by atoms with E-state index in [1.54, 1.807) is 10.9 Å². The first kappa shape index (κ1) is 14.1. The zero-order valence-electron chi connectivity index (χ0n) is 12.0. The molecule has 2 N–H and O–H groups in total. The number of nitrogens with zero attached hydrogens (tertiary/aromatic N) is 3. The van der Waals surface area contributed by atoms with E-state index in [2.05, 4.69) is 20.8 Å². The van der Waals surface area contributed by atoms with Crippen LogP contribution in [-0.4, -0.2) is 20.8 Å². The number of hydrogen-bond acceptors (Lipinski definition) is 4. The van der Waals surface area contributed by atoms with Crippen LogP contribution in [-0.2, 0) is 7.05 Å². The molecular weight excluding hydrogens is 258 g/mol. The Labute approximate surface area is 117 Å². The summed E-state index contributed by atoms with van der Waals surface area (Å²) >= 11 is 0. The number of furan rings is 1. The number of nitrogens with one attached hydrogen (secondary N) is 2. The highest BCUT2D eigenvalue weighted by Crippen LogP contribution is 2.15. The lowest BCUT2D eigenvalue weighted by molar-refractivity contribution is 0.232. The van der Waals surface area contributed by atoms with Gasteiger partial charge in [-0.05, 0) is 32.9 Å². The summed E-state index contributed by atoms with van der Waals surface area (Å²) in [5.74, 6) is 2.24. The van der Waals surface area contributed by atoms with Crippen molar-refractivity contribution in [2.45, 2.75) is 32.9 Å². The molecule has 0 aromatic carbocycles. The van der Waals surface area contributed by atoms with Gasteiger partial charge in [0.2, 0.25) is 0 Å². The maximum Gasteiger partial charge on any atom is 0.315 e. The number of amides is 2. The monoisotopic (exact) mass is 277 g/mol. The minimum Gasteiger partial charge on any atom is -0.464 e. The third-order valence-corrected chi connectivity index (χ3v) is 3.02. The fourth-order valence-electron chi connectivity index (χ4n) is 1.94. The van der Waals surface area contributed by atoms with Crippen LogP contribution in [0.3, 0.4) is 0 Å². The molecule has 7 nitrogen and oxygen atoms in total. The van der Waals surface area contributed by atoms with Crippen LogP contribution in [0.1, 0.15) is 43.3 Å². The summed E-state index contributed by atoms with van der Waals surface area (Å²) < 4.78 is 7.24. The minimum absolute atomic E-state index is 0.199. The summed E-state index contributed by atoms with van der Waals surface area (Å²) in [4.78, 5) is 11.9. The second-order valence-electron chi connectivity index (χ2n) is 4.81. The summed E-state index contributed by atoms with van der Waals surface area (Å²) in [6, 6.07) is 3.02. The lowest BCUT2D eigenvalue weighted by Crippen LogP contribution is -2.39. The molecule has 0 saturated carbocycles. The first-order valence-corrected chi connectivity index (χ1v) is 6.44. The smallest absolute Gasteiger partial charge is 0.315 e. The van der Waals surface area contributed by atoms with Crippen LogP contribution in [0.2, 0.25) is 0 Å². The van der Waals surface area contributed by atoms with Gasteiger partial charge in [-0.2, -0.15) is 0 Å². The van der Waals surface area contributed by atoms with E-state index in [1.807, 2.05) is 40.0 Å². The zero-order valence-corrected chi connectivity index (χ0v) is 12.0. The maximum absolute atomic E-state index is 11.9. The predicted molar refractivity (Wildman–Crippen MR) is 72.9 cm³/mol. The van der Waals surface area contributed by atoms with E-state index in [0.29, 0.717) is 5.82 Å². The Morgan fingerprint density at radius 2 is 2.00 bits per heavy atom. The van der Waals surface area contributed by atoms with Gasteiger partial charge in [0.1, 0.15) is 17.8 Å². The van der Waals surface area contributed by atoms with E-state index in [-0.39, 0.29) is 18.1 Å². The van der Waals surface area contributed by atoms with Gasteiger partial charge < -0.3 is 19.6 Å². The van der Waals surface area contributed by atoms with Gasteiger partial charge >= 0.3 is 6.03 Å². The first-order chi connectivity index (χ1) is 9.47. The Hall–Kier alpha value is -2.31. The SMILES string of the molecule is Cc1ccc([C@@H](C)NC(=O)N[C@H](C)c2nncn2C)o1. The molecule has 2 heterocycles. The lowest BCUT2D eigenvalue weighted by Gasteiger charge is -2.16. The fourth-order valence-corrected chi connectivity index (χ4v) is 1.94. The molecule has 0 aliphatic heterocycles. The van der Waals surface area contributed by atoms with Crippen LogP contribution in [0.5, 0.6) is 0 Å². The van der Waals surface area contributed by atoms with Crippen molar-refractivity contribution in [2.75, 3.05) is 0 Å². The summed E-state index contributed by atoms with van der Waals surface area (Å²) in [6.45, 7) is 5.59. The van der Waals surface area contributed by atoms with Crippen LogP contribution in [0.15, 0.2) is 22.9 Å². The largest absolute Gasteiger partial charge is 0.464 e. The van der Waals surface area contributed by atoms with Crippen LogP contribution in [0, 0.1) is 6.92 Å². The zero-order chi connectivity index (χ0) is 14.7. The molecule has 2 aromatic heterocycles. The van der Waals surface area contributed by atoms with Crippen molar-refractivity contribution in [3.05, 3.63) is 35.8 Å². The fraction of sp³-hybridized carbons (Fsp3) is 0.462. The maximum atomic E-state index is 11.9. The molecule has 2 atom stereocenters. The highest BCUT2D eigenvalue weighted by molar-refractivity contribution is 5.74. The quantitative estimate of drug-likeness (QED) is 0.893. The third-order valence-electron chi connectivity index (χ3n) is 3.02. The van der Waals surface area contributed by atoms with Gasteiger partial charge in [0.25, 0.3) is 0 Å². The number of urea groups is 1. The molecule has 0 unspecified atom stereocenters. The predicted octanol–water partition coefficient (Wildman–Crippen LogP) is 1.84. The molecule has 0 fully saturated rings. The van der Waals surface area contributed by atoms with Crippen molar-refractivity contribution in [3.63, 3.8) is 0 Å². The topological polar surface area (TPSA) is 85.0 Å². The van der Waals surface area contributed by atoms with Gasteiger partial charge in [-0.1, -0.05) is 0 Å². The first-order valence-electron chi connectivity index (χ1n) is 6.44. The molecule has 20 heavy (non-hydrogen) atoms. The Bertz CT molecular complexity index is 589. The standard InChI is InChI=1S/C13H19N5O2/c1-8-5-6-11(20-8)9(2)15-13(19)16-10(3)12-17-14-7-18(12)4/h5-7,9-10H,1-4H3,(H2,15,16,19)/t9-,10-/m1/s1. The summed E-state index contributed by atoms with van der Waals surface area (Å²) in [5.41, 5.74) is 0. The lowest BCUT2D eigenvalue weighted by atomic mass is 10.2. The second-order valence-corrected chi connectivity index (χ2v) is 4.81. The highest BCUT2D eigenvalue weighted by atomic mass is 16.3. The van der Waals surface area contributed by atoms with E-state index in [9.17, 15) is 4.79 Å².